The number of ether oxygens (including phenoxy) is 1. The van der Waals surface area contributed by atoms with Gasteiger partial charge >= 0.3 is 5.97 Å². The number of imidazole rings is 1. The van der Waals surface area contributed by atoms with Gasteiger partial charge in [0.05, 0.1) is 30.2 Å². The second-order valence-electron chi connectivity index (χ2n) is 8.77. The summed E-state index contributed by atoms with van der Waals surface area (Å²) >= 11 is 0. The normalized spacial score (nSPS) is 17.6. The first-order valence-corrected chi connectivity index (χ1v) is 11.5. The molecule has 0 aliphatic carbocycles. The van der Waals surface area contributed by atoms with Gasteiger partial charge in [0.25, 0.3) is 0 Å². The molecular weight excluding hydrogens is 426 g/mol. The Bertz CT molecular complexity index is 1360. The summed E-state index contributed by atoms with van der Waals surface area (Å²) in [5.74, 6) is -1.29. The van der Waals surface area contributed by atoms with E-state index in [1.54, 1.807) is 11.8 Å². The summed E-state index contributed by atoms with van der Waals surface area (Å²) in [6.45, 7) is 6.32. The molecule has 0 N–H and O–H groups in total. The lowest BCUT2D eigenvalue weighted by atomic mass is 9.89. The third-order valence-electron chi connectivity index (χ3n) is 6.37. The molecule has 2 heterocycles. The Morgan fingerprint density at radius 2 is 1.59 bits per heavy atom. The molecule has 0 saturated heterocycles. The molecule has 3 aromatic carbocycles. The van der Waals surface area contributed by atoms with E-state index in [1.807, 2.05) is 91.2 Å². The van der Waals surface area contributed by atoms with Crippen LogP contribution in [0.3, 0.4) is 0 Å². The van der Waals surface area contributed by atoms with Crippen LogP contribution in [0.2, 0.25) is 0 Å². The topological polar surface area (TPSA) is 64.4 Å². The minimum absolute atomic E-state index is 0.207. The Kier molecular flexibility index (Phi) is 5.65. The maximum absolute atomic E-state index is 14.0. The molecule has 5 rings (SSSR count). The highest BCUT2D eigenvalue weighted by Crippen LogP contribution is 2.41. The lowest BCUT2D eigenvalue weighted by Gasteiger charge is -2.38. The summed E-state index contributed by atoms with van der Waals surface area (Å²) in [5, 5.41) is 0. The van der Waals surface area contributed by atoms with Crippen molar-refractivity contribution in [3.63, 3.8) is 0 Å². The molecule has 1 aromatic heterocycles. The number of aromatic nitrogens is 2. The Labute approximate surface area is 198 Å². The third-order valence-corrected chi connectivity index (χ3v) is 6.37. The molecular formula is C28H27N3O3. The molecule has 172 valence electrons. The van der Waals surface area contributed by atoms with Crippen LogP contribution in [0, 0.1) is 19.8 Å². The highest BCUT2D eigenvalue weighted by molar-refractivity contribution is 6.08. The fourth-order valence-corrected chi connectivity index (χ4v) is 4.64. The number of nitrogens with zero attached hydrogens (tertiary/aromatic N) is 3. The standard InChI is InChI=1S/C28H27N3O3/c1-4-34-27(33)24-25(21-15-11-19(3)12-16-21)31-23-8-6-5-7-22(23)29-28(31)30(26(24)32)17-20-13-9-18(2)10-14-20/h5-16,24-25H,4,17H2,1-3H3/t24-,25+/m0/s1. The predicted octanol–water partition coefficient (Wildman–Crippen LogP) is 4.97. The first-order chi connectivity index (χ1) is 16.5. The monoisotopic (exact) mass is 453 g/mol. The summed E-state index contributed by atoms with van der Waals surface area (Å²) < 4.78 is 7.45. The van der Waals surface area contributed by atoms with Crippen molar-refractivity contribution in [2.75, 3.05) is 11.5 Å². The summed E-state index contributed by atoms with van der Waals surface area (Å²) in [5.41, 5.74) is 5.74. The number of carbonyl (C=O) groups excluding carboxylic acids is 2. The molecule has 6 nitrogen and oxygen atoms in total. The minimum Gasteiger partial charge on any atom is -0.465 e. The van der Waals surface area contributed by atoms with Crippen molar-refractivity contribution in [3.05, 3.63) is 95.1 Å². The van der Waals surface area contributed by atoms with Crippen LogP contribution in [0.1, 0.15) is 35.2 Å². The summed E-state index contributed by atoms with van der Waals surface area (Å²) in [7, 11) is 0. The average molecular weight is 454 g/mol. The van der Waals surface area contributed by atoms with E-state index in [9.17, 15) is 9.59 Å². The molecule has 0 bridgehead atoms. The van der Waals surface area contributed by atoms with E-state index in [1.165, 1.54) is 0 Å². The van der Waals surface area contributed by atoms with Gasteiger partial charge in [-0.25, -0.2) is 4.98 Å². The maximum Gasteiger partial charge on any atom is 0.321 e. The van der Waals surface area contributed by atoms with E-state index in [0.717, 1.165) is 33.3 Å². The van der Waals surface area contributed by atoms with Gasteiger partial charge in [0.15, 0.2) is 5.92 Å². The van der Waals surface area contributed by atoms with Gasteiger partial charge in [0.1, 0.15) is 0 Å². The number of benzene rings is 3. The van der Waals surface area contributed by atoms with Crippen molar-refractivity contribution in [1.29, 1.82) is 0 Å². The first-order valence-electron chi connectivity index (χ1n) is 11.5. The summed E-state index contributed by atoms with van der Waals surface area (Å²) in [6.07, 6.45) is 0. The lowest BCUT2D eigenvalue weighted by Crippen LogP contribution is -2.49. The van der Waals surface area contributed by atoms with Crippen LogP contribution in [0.4, 0.5) is 5.95 Å². The van der Waals surface area contributed by atoms with Crippen molar-refractivity contribution in [3.8, 4) is 0 Å². The van der Waals surface area contributed by atoms with Crippen LogP contribution in [0.5, 0.6) is 0 Å². The molecule has 0 saturated carbocycles. The van der Waals surface area contributed by atoms with Crippen LogP contribution in [0.25, 0.3) is 11.0 Å². The quantitative estimate of drug-likeness (QED) is 0.316. The van der Waals surface area contributed by atoms with E-state index in [2.05, 4.69) is 0 Å². The third kappa shape index (κ3) is 3.75. The van der Waals surface area contributed by atoms with Crippen molar-refractivity contribution in [1.82, 2.24) is 9.55 Å². The van der Waals surface area contributed by atoms with Crippen LogP contribution in [-0.4, -0.2) is 28.0 Å². The number of esters is 1. The van der Waals surface area contributed by atoms with Gasteiger partial charge in [-0.1, -0.05) is 71.8 Å². The summed E-state index contributed by atoms with van der Waals surface area (Å²) in [6, 6.07) is 23.2. The molecule has 0 fully saturated rings. The lowest BCUT2D eigenvalue weighted by molar-refractivity contribution is -0.153. The number of rotatable bonds is 5. The van der Waals surface area contributed by atoms with Gasteiger partial charge in [-0.15, -0.1) is 0 Å². The Morgan fingerprint density at radius 3 is 2.26 bits per heavy atom. The van der Waals surface area contributed by atoms with E-state index < -0.39 is 17.9 Å². The summed E-state index contributed by atoms with van der Waals surface area (Å²) in [4.78, 5) is 33.7. The molecule has 34 heavy (non-hydrogen) atoms. The number of aryl methyl sites for hydroxylation is 2. The predicted molar refractivity (Wildman–Crippen MR) is 132 cm³/mol. The molecule has 1 amide bonds. The zero-order chi connectivity index (χ0) is 23.8. The first kappa shape index (κ1) is 21.9. The van der Waals surface area contributed by atoms with E-state index in [0.29, 0.717) is 12.5 Å². The second kappa shape index (κ2) is 8.78. The fourth-order valence-electron chi connectivity index (χ4n) is 4.64. The zero-order valence-corrected chi connectivity index (χ0v) is 19.6. The van der Waals surface area contributed by atoms with Gasteiger partial charge < -0.3 is 9.30 Å². The molecule has 4 aromatic rings. The van der Waals surface area contributed by atoms with E-state index in [-0.39, 0.29) is 12.5 Å². The van der Waals surface area contributed by atoms with Gasteiger partial charge in [0.2, 0.25) is 11.9 Å². The van der Waals surface area contributed by atoms with Crippen LogP contribution < -0.4 is 4.90 Å². The SMILES string of the molecule is CCOC(=O)[C@@H]1C(=O)N(Cc2ccc(C)cc2)c2nc3ccccc3n2[C@@H]1c1ccc(C)cc1. The fraction of sp³-hybridized carbons (Fsp3) is 0.250. The van der Waals surface area contributed by atoms with Crippen molar-refractivity contribution in [2.45, 2.75) is 33.4 Å². The number of hydrogen-bond acceptors (Lipinski definition) is 4. The van der Waals surface area contributed by atoms with Crippen LogP contribution in [0.15, 0.2) is 72.8 Å². The molecule has 0 spiro atoms. The van der Waals surface area contributed by atoms with Crippen molar-refractivity contribution < 1.29 is 14.3 Å². The molecule has 1 aliphatic heterocycles. The Morgan fingerprint density at radius 1 is 0.941 bits per heavy atom. The Balaban J connectivity index is 1.73. The number of hydrogen-bond donors (Lipinski definition) is 0. The number of fused-ring (bicyclic) bond motifs is 3. The molecule has 6 heteroatoms. The minimum atomic E-state index is -1.02. The van der Waals surface area contributed by atoms with Crippen molar-refractivity contribution >= 4 is 28.9 Å². The van der Waals surface area contributed by atoms with Gasteiger partial charge in [0, 0.05) is 0 Å². The molecule has 2 atom stereocenters. The molecule has 0 radical (unpaired) electrons. The van der Waals surface area contributed by atoms with Gasteiger partial charge in [-0.3, -0.25) is 14.5 Å². The average Bonchev–Trinajstić information content (AvgIpc) is 3.22. The largest absolute Gasteiger partial charge is 0.465 e. The smallest absolute Gasteiger partial charge is 0.321 e. The second-order valence-corrected chi connectivity index (χ2v) is 8.77. The number of anilines is 1. The highest BCUT2D eigenvalue weighted by atomic mass is 16.5. The van der Waals surface area contributed by atoms with Crippen molar-refractivity contribution in [2.24, 2.45) is 5.92 Å². The van der Waals surface area contributed by atoms with E-state index in [4.69, 9.17) is 9.72 Å². The molecule has 1 aliphatic rings. The van der Waals surface area contributed by atoms with Crippen LogP contribution >= 0.6 is 0 Å². The maximum atomic E-state index is 14.0. The Hall–Kier alpha value is -3.93. The van der Waals surface area contributed by atoms with Crippen LogP contribution in [-0.2, 0) is 20.9 Å². The zero-order valence-electron chi connectivity index (χ0n) is 19.6. The highest BCUT2D eigenvalue weighted by Gasteiger charge is 2.47. The number of carbonyl (C=O) groups is 2. The van der Waals surface area contributed by atoms with Gasteiger partial charge in [-0.05, 0) is 44.0 Å². The number of amides is 1. The molecule has 0 unspecified atom stereocenters. The van der Waals surface area contributed by atoms with Gasteiger partial charge in [-0.2, -0.15) is 0 Å². The van der Waals surface area contributed by atoms with E-state index >= 15 is 0 Å². The number of para-hydroxylation sites is 2.